The smallest absolute Gasteiger partial charge is 0.0781 e. The monoisotopic (exact) mass is 307 g/mol. The van der Waals surface area contributed by atoms with Crippen LogP contribution >= 0.6 is 34.8 Å². The molecular weight excluding hydrogens is 289 g/mol. The molecule has 1 N–H and O–H groups in total. The molecule has 1 aromatic rings. The molecule has 1 nitrogen and oxygen atoms in total. The highest BCUT2D eigenvalue weighted by Crippen LogP contribution is 2.36. The number of halogens is 3. The quantitative estimate of drug-likeness (QED) is 0.703. The van der Waals surface area contributed by atoms with E-state index in [2.05, 4.69) is 39.9 Å². The van der Waals surface area contributed by atoms with Gasteiger partial charge in [0.2, 0.25) is 0 Å². The standard InChI is InChI=1S/C14H20Cl3N/c1-8(18-9(2)14(3,4)5)10-6-7-11(15)13(17)12(10)16/h6-9,18H,1-5H3. The van der Waals surface area contributed by atoms with Crippen LogP contribution in [-0.4, -0.2) is 6.04 Å². The molecule has 102 valence electrons. The average Bonchev–Trinajstić information content (AvgIpc) is 2.24. The predicted octanol–water partition coefficient (Wildman–Crippen LogP) is 5.73. The molecule has 0 amide bonds. The molecule has 0 aliphatic heterocycles. The number of rotatable bonds is 3. The topological polar surface area (TPSA) is 12.0 Å². The van der Waals surface area contributed by atoms with E-state index in [1.54, 1.807) is 6.07 Å². The summed E-state index contributed by atoms with van der Waals surface area (Å²) in [4.78, 5) is 0. The molecule has 0 saturated heterocycles. The van der Waals surface area contributed by atoms with E-state index in [4.69, 9.17) is 34.8 Å². The van der Waals surface area contributed by atoms with E-state index in [1.165, 1.54) is 0 Å². The molecule has 0 bridgehead atoms. The Morgan fingerprint density at radius 1 is 1.00 bits per heavy atom. The van der Waals surface area contributed by atoms with Gasteiger partial charge in [-0.2, -0.15) is 0 Å². The normalized spacial score (nSPS) is 15.6. The van der Waals surface area contributed by atoms with Crippen LogP contribution in [0.15, 0.2) is 12.1 Å². The second kappa shape index (κ2) is 6.00. The van der Waals surface area contributed by atoms with Crippen molar-refractivity contribution in [2.75, 3.05) is 0 Å². The second-order valence-electron chi connectivity index (χ2n) is 5.74. The number of hydrogen-bond donors (Lipinski definition) is 1. The van der Waals surface area contributed by atoms with E-state index in [9.17, 15) is 0 Å². The van der Waals surface area contributed by atoms with Crippen LogP contribution in [0.4, 0.5) is 0 Å². The van der Waals surface area contributed by atoms with Gasteiger partial charge in [-0.15, -0.1) is 0 Å². The minimum absolute atomic E-state index is 0.126. The minimum atomic E-state index is 0.126. The zero-order valence-electron chi connectivity index (χ0n) is 11.4. The highest BCUT2D eigenvalue weighted by atomic mass is 35.5. The molecular formula is C14H20Cl3N. The van der Waals surface area contributed by atoms with Crippen molar-refractivity contribution in [2.45, 2.75) is 46.7 Å². The molecule has 0 heterocycles. The average molecular weight is 309 g/mol. The molecule has 2 unspecified atom stereocenters. The third-order valence-corrected chi connectivity index (χ3v) is 4.64. The Balaban J connectivity index is 2.92. The highest BCUT2D eigenvalue weighted by molar-refractivity contribution is 6.48. The van der Waals surface area contributed by atoms with Crippen LogP contribution in [0.25, 0.3) is 0 Å². The lowest BCUT2D eigenvalue weighted by Crippen LogP contribution is -2.39. The van der Waals surface area contributed by atoms with Crippen molar-refractivity contribution in [2.24, 2.45) is 5.41 Å². The van der Waals surface area contributed by atoms with E-state index >= 15 is 0 Å². The summed E-state index contributed by atoms with van der Waals surface area (Å²) in [6, 6.07) is 4.19. The first-order chi connectivity index (χ1) is 8.14. The Hall–Kier alpha value is 0.0500. The first-order valence-electron chi connectivity index (χ1n) is 6.04. The molecule has 1 aromatic carbocycles. The fourth-order valence-electron chi connectivity index (χ4n) is 1.59. The molecule has 0 aliphatic rings. The SMILES string of the molecule is CC(NC(C)C(C)(C)C)c1ccc(Cl)c(Cl)c1Cl. The Bertz CT molecular complexity index is 424. The van der Waals surface area contributed by atoms with Gasteiger partial charge in [0.05, 0.1) is 15.1 Å². The van der Waals surface area contributed by atoms with Crippen LogP contribution in [0, 0.1) is 5.41 Å². The van der Waals surface area contributed by atoms with E-state index < -0.39 is 0 Å². The van der Waals surface area contributed by atoms with Crippen molar-refractivity contribution >= 4 is 34.8 Å². The van der Waals surface area contributed by atoms with Crippen LogP contribution in [-0.2, 0) is 0 Å². The van der Waals surface area contributed by atoms with Crippen LogP contribution in [0.3, 0.4) is 0 Å². The van der Waals surface area contributed by atoms with E-state index in [1.807, 2.05) is 6.07 Å². The lowest BCUT2D eigenvalue weighted by Gasteiger charge is -2.31. The van der Waals surface area contributed by atoms with E-state index in [0.29, 0.717) is 21.1 Å². The first kappa shape index (κ1) is 16.1. The molecule has 0 fully saturated rings. The summed E-state index contributed by atoms with van der Waals surface area (Å²) < 4.78 is 0. The Kier molecular flexibility index (Phi) is 5.37. The van der Waals surface area contributed by atoms with Gasteiger partial charge in [0.15, 0.2) is 0 Å². The first-order valence-corrected chi connectivity index (χ1v) is 7.17. The molecule has 0 saturated carbocycles. The molecule has 0 aliphatic carbocycles. The maximum absolute atomic E-state index is 6.23. The summed E-state index contributed by atoms with van der Waals surface area (Å²) >= 11 is 18.2. The largest absolute Gasteiger partial charge is 0.307 e. The van der Waals surface area contributed by atoms with Crippen molar-refractivity contribution < 1.29 is 0 Å². The van der Waals surface area contributed by atoms with Crippen molar-refractivity contribution in [3.8, 4) is 0 Å². The predicted molar refractivity (Wildman–Crippen MR) is 81.9 cm³/mol. The van der Waals surface area contributed by atoms with Crippen molar-refractivity contribution in [3.05, 3.63) is 32.8 Å². The maximum Gasteiger partial charge on any atom is 0.0781 e. The van der Waals surface area contributed by atoms with Crippen molar-refractivity contribution in [1.29, 1.82) is 0 Å². The van der Waals surface area contributed by atoms with Gasteiger partial charge >= 0.3 is 0 Å². The fraction of sp³-hybridized carbons (Fsp3) is 0.571. The van der Waals surface area contributed by atoms with Gasteiger partial charge in [-0.25, -0.2) is 0 Å². The molecule has 18 heavy (non-hydrogen) atoms. The van der Waals surface area contributed by atoms with Gasteiger partial charge in [0.25, 0.3) is 0 Å². The summed E-state index contributed by atoms with van der Waals surface area (Å²) in [6.45, 7) is 10.9. The maximum atomic E-state index is 6.23. The lowest BCUT2D eigenvalue weighted by molar-refractivity contribution is 0.268. The zero-order valence-corrected chi connectivity index (χ0v) is 13.7. The van der Waals surface area contributed by atoms with E-state index in [-0.39, 0.29) is 11.5 Å². The van der Waals surface area contributed by atoms with Crippen molar-refractivity contribution in [3.63, 3.8) is 0 Å². The Labute approximate surface area is 125 Å². The summed E-state index contributed by atoms with van der Waals surface area (Å²) in [6.07, 6.45) is 0. The number of nitrogens with one attached hydrogen (secondary N) is 1. The van der Waals surface area contributed by atoms with Gasteiger partial charge in [-0.1, -0.05) is 61.6 Å². The van der Waals surface area contributed by atoms with Gasteiger partial charge in [0.1, 0.15) is 0 Å². The fourth-order valence-corrected chi connectivity index (χ4v) is 2.30. The number of hydrogen-bond acceptors (Lipinski definition) is 1. The lowest BCUT2D eigenvalue weighted by atomic mass is 9.87. The van der Waals surface area contributed by atoms with Gasteiger partial charge < -0.3 is 5.32 Å². The Morgan fingerprint density at radius 3 is 2.06 bits per heavy atom. The molecule has 2 atom stereocenters. The van der Waals surface area contributed by atoms with Crippen LogP contribution in [0.1, 0.15) is 46.2 Å². The molecule has 0 spiro atoms. The second-order valence-corrected chi connectivity index (χ2v) is 6.90. The molecule has 1 rings (SSSR count). The minimum Gasteiger partial charge on any atom is -0.307 e. The Morgan fingerprint density at radius 2 is 1.56 bits per heavy atom. The van der Waals surface area contributed by atoms with Crippen LogP contribution in [0.5, 0.6) is 0 Å². The highest BCUT2D eigenvalue weighted by Gasteiger charge is 2.23. The third-order valence-electron chi connectivity index (χ3n) is 3.33. The summed E-state index contributed by atoms with van der Waals surface area (Å²) in [5.41, 5.74) is 1.17. The van der Waals surface area contributed by atoms with Crippen LogP contribution in [0.2, 0.25) is 15.1 Å². The molecule has 0 radical (unpaired) electrons. The molecule has 0 aromatic heterocycles. The van der Waals surface area contributed by atoms with Crippen LogP contribution < -0.4 is 5.32 Å². The van der Waals surface area contributed by atoms with Gasteiger partial charge in [-0.3, -0.25) is 0 Å². The summed E-state index contributed by atoms with van der Waals surface area (Å²) in [7, 11) is 0. The molecule has 4 heteroatoms. The number of benzene rings is 1. The van der Waals surface area contributed by atoms with Gasteiger partial charge in [0, 0.05) is 12.1 Å². The van der Waals surface area contributed by atoms with Gasteiger partial charge in [-0.05, 0) is 30.9 Å². The summed E-state index contributed by atoms with van der Waals surface area (Å²) in [5.74, 6) is 0. The van der Waals surface area contributed by atoms with E-state index in [0.717, 1.165) is 5.56 Å². The third kappa shape index (κ3) is 3.77. The van der Waals surface area contributed by atoms with Crippen molar-refractivity contribution in [1.82, 2.24) is 5.32 Å². The zero-order chi connectivity index (χ0) is 14.1. The summed E-state index contributed by atoms with van der Waals surface area (Å²) in [5, 5.41) is 4.98.